The lowest BCUT2D eigenvalue weighted by Gasteiger charge is -2.18. The lowest BCUT2D eigenvalue weighted by atomic mass is 10.1. The van der Waals surface area contributed by atoms with Crippen LogP contribution in [-0.4, -0.2) is 37.2 Å². The molecule has 0 bridgehead atoms. The molecule has 6 heteroatoms. The third-order valence-electron chi connectivity index (χ3n) is 10.9. The van der Waals surface area contributed by atoms with Gasteiger partial charge in [0.25, 0.3) is 0 Å². The molecule has 0 N–H and O–H groups in total. The Labute approximate surface area is 359 Å². The largest absolute Gasteiger partial charge is 0.462 e. The van der Waals surface area contributed by atoms with Gasteiger partial charge in [-0.15, -0.1) is 0 Å². The Kier molecular flexibility index (Phi) is 45.4. The van der Waals surface area contributed by atoms with Gasteiger partial charge in [0.15, 0.2) is 6.10 Å². The molecule has 0 saturated heterocycles. The highest BCUT2D eigenvalue weighted by Gasteiger charge is 2.19. The summed E-state index contributed by atoms with van der Waals surface area (Å²) in [6, 6.07) is 0. The third kappa shape index (κ3) is 44.7. The predicted molar refractivity (Wildman–Crippen MR) is 247 cm³/mol. The van der Waals surface area contributed by atoms with Crippen LogP contribution in [0.15, 0.2) is 36.5 Å². The average molecular weight is 815 g/mol. The summed E-state index contributed by atoms with van der Waals surface area (Å²) in [5, 5.41) is 0. The van der Waals surface area contributed by atoms with Crippen LogP contribution in [0.4, 0.5) is 0 Å². The van der Waals surface area contributed by atoms with Gasteiger partial charge in [0.05, 0.1) is 0 Å². The molecule has 0 aliphatic rings. The van der Waals surface area contributed by atoms with E-state index in [1.165, 1.54) is 141 Å². The molecule has 0 heterocycles. The zero-order valence-corrected chi connectivity index (χ0v) is 38.6. The maximum absolute atomic E-state index is 12.7. The number of hydrogen-bond acceptors (Lipinski definition) is 6. The fourth-order valence-electron chi connectivity index (χ4n) is 7.12. The summed E-state index contributed by atoms with van der Waals surface area (Å²) in [6.45, 7) is 6.51. The van der Waals surface area contributed by atoms with Gasteiger partial charge in [-0.25, -0.2) is 0 Å². The summed E-state index contributed by atoms with van der Waals surface area (Å²) >= 11 is 0. The van der Waals surface area contributed by atoms with Crippen LogP contribution < -0.4 is 0 Å². The van der Waals surface area contributed by atoms with Gasteiger partial charge in [-0.2, -0.15) is 0 Å². The fraction of sp³-hybridized carbons (Fsp3) is 0.827. The van der Waals surface area contributed by atoms with Crippen molar-refractivity contribution in [2.45, 2.75) is 264 Å². The monoisotopic (exact) mass is 815 g/mol. The van der Waals surface area contributed by atoms with Crippen LogP contribution in [0.25, 0.3) is 0 Å². The number of carbonyl (C=O) groups excluding carboxylic acids is 3. The molecule has 1 unspecified atom stereocenters. The number of esters is 3. The van der Waals surface area contributed by atoms with Crippen LogP contribution in [0.1, 0.15) is 258 Å². The number of carbonyl (C=O) groups is 3. The standard InChI is InChI=1S/C52H94O6/c1-4-7-10-13-16-19-21-23-25-26-27-29-30-33-36-39-42-45-51(54)57-48-49(47-56-50(53)44-41-38-35-32-18-15-12-9-6-3)58-52(55)46-43-40-37-34-31-28-24-22-20-17-14-11-8-5-2/h8,11,17,20,23,25,49H,4-7,9-10,12-16,18-19,21-22,24,26-48H2,1-3H3/b11-8-,20-17-,25-23-. The smallest absolute Gasteiger partial charge is 0.306 e. The van der Waals surface area contributed by atoms with E-state index in [4.69, 9.17) is 14.2 Å². The van der Waals surface area contributed by atoms with Crippen LogP contribution in [0, 0.1) is 0 Å². The van der Waals surface area contributed by atoms with Gasteiger partial charge in [-0.3, -0.25) is 14.4 Å². The first-order valence-corrected chi connectivity index (χ1v) is 25.0. The lowest BCUT2D eigenvalue weighted by molar-refractivity contribution is -0.167. The fourth-order valence-corrected chi connectivity index (χ4v) is 7.12. The van der Waals surface area contributed by atoms with Crippen molar-refractivity contribution in [2.24, 2.45) is 0 Å². The molecule has 6 nitrogen and oxygen atoms in total. The molecule has 0 aliphatic carbocycles. The summed E-state index contributed by atoms with van der Waals surface area (Å²) in [6.07, 6.45) is 54.1. The van der Waals surface area contributed by atoms with E-state index in [9.17, 15) is 14.4 Å². The minimum atomic E-state index is -0.773. The van der Waals surface area contributed by atoms with Crippen LogP contribution in [0.5, 0.6) is 0 Å². The van der Waals surface area contributed by atoms with Crippen molar-refractivity contribution >= 4 is 17.9 Å². The molecule has 0 amide bonds. The van der Waals surface area contributed by atoms with E-state index in [0.29, 0.717) is 19.3 Å². The van der Waals surface area contributed by atoms with Gasteiger partial charge in [0.1, 0.15) is 13.2 Å². The van der Waals surface area contributed by atoms with E-state index < -0.39 is 6.10 Å². The first-order chi connectivity index (χ1) is 28.5. The predicted octanol–water partition coefficient (Wildman–Crippen LogP) is 16.1. The number of unbranched alkanes of at least 4 members (excludes halogenated alkanes) is 28. The molecule has 0 aromatic heterocycles. The van der Waals surface area contributed by atoms with E-state index in [-0.39, 0.29) is 31.1 Å². The Morgan fingerprint density at radius 2 is 0.672 bits per heavy atom. The number of hydrogen-bond donors (Lipinski definition) is 0. The van der Waals surface area contributed by atoms with Gasteiger partial charge < -0.3 is 14.2 Å². The van der Waals surface area contributed by atoms with Crippen molar-refractivity contribution in [3.05, 3.63) is 36.5 Å². The summed E-state index contributed by atoms with van der Waals surface area (Å²) in [4.78, 5) is 37.8. The summed E-state index contributed by atoms with van der Waals surface area (Å²) in [7, 11) is 0. The van der Waals surface area contributed by atoms with Crippen molar-refractivity contribution < 1.29 is 28.6 Å². The van der Waals surface area contributed by atoms with E-state index >= 15 is 0 Å². The summed E-state index contributed by atoms with van der Waals surface area (Å²) < 4.78 is 16.7. The van der Waals surface area contributed by atoms with Gasteiger partial charge in [0.2, 0.25) is 0 Å². The van der Waals surface area contributed by atoms with Crippen molar-refractivity contribution in [2.75, 3.05) is 13.2 Å². The van der Waals surface area contributed by atoms with Gasteiger partial charge in [0, 0.05) is 19.3 Å². The van der Waals surface area contributed by atoms with E-state index in [1.807, 2.05) is 0 Å². The molecule has 0 saturated carbocycles. The van der Waals surface area contributed by atoms with E-state index in [2.05, 4.69) is 57.2 Å². The highest BCUT2D eigenvalue weighted by Crippen LogP contribution is 2.15. The van der Waals surface area contributed by atoms with Crippen molar-refractivity contribution in [1.29, 1.82) is 0 Å². The van der Waals surface area contributed by atoms with Crippen LogP contribution in [-0.2, 0) is 28.6 Å². The first-order valence-electron chi connectivity index (χ1n) is 25.0. The highest BCUT2D eigenvalue weighted by atomic mass is 16.6. The molecule has 0 aromatic carbocycles. The van der Waals surface area contributed by atoms with Crippen LogP contribution in [0.2, 0.25) is 0 Å². The van der Waals surface area contributed by atoms with Gasteiger partial charge in [-0.05, 0) is 70.6 Å². The summed E-state index contributed by atoms with van der Waals surface area (Å²) in [5.74, 6) is -0.883. The van der Waals surface area contributed by atoms with E-state index in [0.717, 1.165) is 77.0 Å². The Morgan fingerprint density at radius 3 is 1.05 bits per heavy atom. The highest BCUT2D eigenvalue weighted by molar-refractivity contribution is 5.71. The number of rotatable bonds is 45. The normalized spacial score (nSPS) is 12.3. The quantitative estimate of drug-likeness (QED) is 0.0264. The maximum Gasteiger partial charge on any atom is 0.306 e. The second-order valence-corrected chi connectivity index (χ2v) is 16.7. The molecule has 338 valence electrons. The Balaban J connectivity index is 4.31. The SMILES string of the molecule is CC/C=C\C/C=C\CCCCCCCCCC(=O)OC(COC(=O)CCCCCCCCC/C=C\CCCCCCCC)COC(=O)CCCCCCCCCCC. The summed E-state index contributed by atoms with van der Waals surface area (Å²) in [5.41, 5.74) is 0. The molecular weight excluding hydrogens is 721 g/mol. The Hall–Kier alpha value is -2.37. The zero-order chi connectivity index (χ0) is 42.3. The molecule has 0 aliphatic heterocycles. The van der Waals surface area contributed by atoms with Crippen molar-refractivity contribution in [3.63, 3.8) is 0 Å². The van der Waals surface area contributed by atoms with Crippen molar-refractivity contribution in [1.82, 2.24) is 0 Å². The first kappa shape index (κ1) is 55.6. The minimum Gasteiger partial charge on any atom is -0.462 e. The Bertz CT molecular complexity index is 984. The van der Waals surface area contributed by atoms with Crippen LogP contribution >= 0.6 is 0 Å². The second kappa shape index (κ2) is 47.3. The lowest BCUT2D eigenvalue weighted by Crippen LogP contribution is -2.30. The third-order valence-corrected chi connectivity index (χ3v) is 10.9. The van der Waals surface area contributed by atoms with Gasteiger partial charge in [-0.1, -0.05) is 205 Å². The molecule has 0 fully saturated rings. The molecule has 58 heavy (non-hydrogen) atoms. The van der Waals surface area contributed by atoms with Crippen LogP contribution in [0.3, 0.4) is 0 Å². The molecule has 0 aromatic rings. The van der Waals surface area contributed by atoms with Gasteiger partial charge >= 0.3 is 17.9 Å². The molecule has 0 radical (unpaired) electrons. The molecule has 0 spiro atoms. The Morgan fingerprint density at radius 1 is 0.362 bits per heavy atom. The number of allylic oxidation sites excluding steroid dienone is 6. The molecular formula is C52H94O6. The average Bonchev–Trinajstić information content (AvgIpc) is 3.22. The number of ether oxygens (including phenoxy) is 3. The minimum absolute atomic E-state index is 0.0746. The molecule has 0 rings (SSSR count). The second-order valence-electron chi connectivity index (χ2n) is 16.7. The van der Waals surface area contributed by atoms with Crippen molar-refractivity contribution in [3.8, 4) is 0 Å². The topological polar surface area (TPSA) is 78.9 Å². The maximum atomic E-state index is 12.7. The van der Waals surface area contributed by atoms with E-state index in [1.54, 1.807) is 0 Å². The zero-order valence-electron chi connectivity index (χ0n) is 38.6. The molecule has 1 atom stereocenters.